The first-order chi connectivity index (χ1) is 6.40. The van der Waals surface area contributed by atoms with Gasteiger partial charge in [0.25, 0.3) is 0 Å². The number of carbonyl (C=O) groups is 1. The van der Waals surface area contributed by atoms with Crippen LogP contribution in [0.4, 0.5) is 0 Å². The lowest BCUT2D eigenvalue weighted by Crippen LogP contribution is -2.02. The van der Waals surface area contributed by atoms with Gasteiger partial charge in [0.15, 0.2) is 0 Å². The average Bonchev–Trinajstić information content (AvgIpc) is 2.12. The summed E-state index contributed by atoms with van der Waals surface area (Å²) in [4.78, 5) is 10.5. The van der Waals surface area contributed by atoms with E-state index in [9.17, 15) is 4.79 Å². The Morgan fingerprint density at radius 3 is 2.29 bits per heavy atom. The molecule has 0 aromatic heterocycles. The van der Waals surface area contributed by atoms with Crippen molar-refractivity contribution < 1.29 is 9.90 Å². The van der Waals surface area contributed by atoms with E-state index in [1.807, 2.05) is 13.8 Å². The maximum atomic E-state index is 10.5. The second-order valence-electron chi connectivity index (χ2n) is 3.18. The zero-order valence-corrected chi connectivity index (χ0v) is 8.37. The van der Waals surface area contributed by atoms with E-state index in [1.165, 1.54) is 6.08 Å². The van der Waals surface area contributed by atoms with Crippen molar-refractivity contribution in [2.45, 2.75) is 13.8 Å². The largest absolute Gasteiger partial charge is 0.478 e. The van der Waals surface area contributed by atoms with Crippen molar-refractivity contribution in [1.82, 2.24) is 0 Å². The smallest absolute Gasteiger partial charge is 0.336 e. The molecule has 74 valence electrons. The highest BCUT2D eigenvalue weighted by Gasteiger charge is 2.10. The van der Waals surface area contributed by atoms with Crippen LogP contribution >= 0.6 is 0 Å². The molecule has 0 unspecified atom stereocenters. The van der Waals surface area contributed by atoms with Crippen molar-refractivity contribution in [3.05, 3.63) is 36.0 Å². The van der Waals surface area contributed by atoms with E-state index in [1.54, 1.807) is 6.07 Å². The molecule has 0 saturated heterocycles. The molecule has 3 nitrogen and oxygen atoms in total. The molecule has 1 N–H and O–H groups in total. The summed E-state index contributed by atoms with van der Waals surface area (Å²) in [6, 6.07) is 1.79. The van der Waals surface area contributed by atoms with Gasteiger partial charge >= 0.3 is 5.97 Å². The second-order valence-corrected chi connectivity index (χ2v) is 3.18. The average molecular weight is 191 g/mol. The molecule has 0 aromatic carbocycles. The zero-order chi connectivity index (χ0) is 11.3. The highest BCUT2D eigenvalue weighted by Crippen LogP contribution is 2.14. The first kappa shape index (κ1) is 12.2. The Hall–Kier alpha value is -1.82. The van der Waals surface area contributed by atoms with Crippen LogP contribution in [0, 0.1) is 17.2 Å². The number of nitrogens with zero attached hydrogens (tertiary/aromatic N) is 1. The minimum atomic E-state index is -1.19. The predicted octanol–water partition coefficient (Wildman–Crippen LogP) is 2.29. The van der Waals surface area contributed by atoms with Gasteiger partial charge in [-0.3, -0.25) is 0 Å². The summed E-state index contributed by atoms with van der Waals surface area (Å²) in [5.74, 6) is -1.01. The van der Waals surface area contributed by atoms with Gasteiger partial charge in [0.2, 0.25) is 0 Å². The number of hydrogen-bond donors (Lipinski definition) is 1. The van der Waals surface area contributed by atoms with Gasteiger partial charge in [-0.15, -0.1) is 0 Å². The van der Waals surface area contributed by atoms with Crippen LogP contribution in [-0.2, 0) is 4.79 Å². The molecule has 0 amide bonds. The molecular weight excluding hydrogens is 178 g/mol. The Morgan fingerprint density at radius 1 is 1.50 bits per heavy atom. The molecule has 0 fully saturated rings. The summed E-state index contributed by atoms with van der Waals surface area (Å²) in [5.41, 5.74) is 0.564. The fourth-order valence-electron chi connectivity index (χ4n) is 0.654. The second kappa shape index (κ2) is 5.03. The molecule has 0 aliphatic rings. The summed E-state index contributed by atoms with van der Waals surface area (Å²) >= 11 is 0. The van der Waals surface area contributed by atoms with Crippen LogP contribution in [-0.4, -0.2) is 11.1 Å². The molecule has 0 atom stereocenters. The van der Waals surface area contributed by atoms with Gasteiger partial charge in [-0.2, -0.15) is 5.26 Å². The number of hydrogen-bond acceptors (Lipinski definition) is 2. The number of aliphatic carboxylic acids is 1. The number of rotatable bonds is 4. The Morgan fingerprint density at radius 2 is 2.00 bits per heavy atom. The summed E-state index contributed by atoms with van der Waals surface area (Å²) < 4.78 is 0. The van der Waals surface area contributed by atoms with Crippen molar-refractivity contribution in [2.24, 2.45) is 5.92 Å². The van der Waals surface area contributed by atoms with Crippen molar-refractivity contribution >= 4 is 5.97 Å². The van der Waals surface area contributed by atoms with Crippen LogP contribution in [0.2, 0.25) is 0 Å². The molecule has 0 heterocycles. The molecule has 0 bridgehead atoms. The highest BCUT2D eigenvalue weighted by molar-refractivity contribution is 5.92. The number of carboxylic acid groups (broad SMARTS) is 1. The highest BCUT2D eigenvalue weighted by atomic mass is 16.4. The zero-order valence-electron chi connectivity index (χ0n) is 8.37. The third-order valence-corrected chi connectivity index (χ3v) is 1.78. The molecule has 0 rings (SSSR count). The van der Waals surface area contributed by atoms with Gasteiger partial charge in [0.05, 0.1) is 11.1 Å². The quantitative estimate of drug-likeness (QED) is 0.421. The lowest BCUT2D eigenvalue weighted by atomic mass is 10.00. The van der Waals surface area contributed by atoms with Crippen molar-refractivity contribution in [2.75, 3.05) is 0 Å². The number of allylic oxidation sites excluding steroid dienone is 2. The molecule has 0 radical (unpaired) electrons. The van der Waals surface area contributed by atoms with Crippen LogP contribution in [0.5, 0.6) is 0 Å². The standard InChI is InChI=1S/C11H13NO2/c1-7(2)8(3)5-10(6-12)9(4)11(13)14/h5,7H,3-4H2,1-2H3,(H,13,14)/b10-5-. The lowest BCUT2D eigenvalue weighted by Gasteiger charge is -2.04. The third-order valence-electron chi connectivity index (χ3n) is 1.78. The first-order valence-electron chi connectivity index (χ1n) is 4.13. The maximum absolute atomic E-state index is 10.5. The Labute approximate surface area is 83.7 Å². The minimum Gasteiger partial charge on any atom is -0.478 e. The molecule has 0 saturated carbocycles. The monoisotopic (exact) mass is 191 g/mol. The predicted molar refractivity (Wildman–Crippen MR) is 54.4 cm³/mol. The number of carboxylic acids is 1. The fraction of sp³-hybridized carbons (Fsp3) is 0.273. The van der Waals surface area contributed by atoms with Crippen LogP contribution in [0.15, 0.2) is 36.0 Å². The van der Waals surface area contributed by atoms with E-state index in [0.717, 1.165) is 0 Å². The molecule has 0 spiro atoms. The van der Waals surface area contributed by atoms with Crippen molar-refractivity contribution in [3.63, 3.8) is 0 Å². The molecule has 0 aliphatic heterocycles. The lowest BCUT2D eigenvalue weighted by molar-refractivity contribution is -0.132. The Bertz CT molecular complexity index is 343. The van der Waals surface area contributed by atoms with E-state index in [2.05, 4.69) is 13.2 Å². The van der Waals surface area contributed by atoms with Crippen molar-refractivity contribution in [3.8, 4) is 6.07 Å². The normalized spacial score (nSPS) is 10.9. The van der Waals surface area contributed by atoms with Crippen LogP contribution < -0.4 is 0 Å². The molecule has 14 heavy (non-hydrogen) atoms. The van der Waals surface area contributed by atoms with Gasteiger partial charge < -0.3 is 5.11 Å². The fourth-order valence-corrected chi connectivity index (χ4v) is 0.654. The summed E-state index contributed by atoms with van der Waals surface area (Å²) in [5, 5.41) is 17.3. The van der Waals surface area contributed by atoms with Gasteiger partial charge in [0, 0.05) is 0 Å². The molecule has 0 aromatic rings. The Kier molecular flexibility index (Phi) is 4.37. The van der Waals surface area contributed by atoms with E-state index < -0.39 is 5.97 Å². The third kappa shape index (κ3) is 3.28. The summed E-state index contributed by atoms with van der Waals surface area (Å²) in [6.45, 7) is 10.9. The minimum absolute atomic E-state index is 0.0520. The van der Waals surface area contributed by atoms with E-state index >= 15 is 0 Å². The van der Waals surface area contributed by atoms with E-state index in [4.69, 9.17) is 10.4 Å². The molecule has 3 heteroatoms. The van der Waals surface area contributed by atoms with Gasteiger partial charge in [-0.05, 0) is 12.0 Å². The first-order valence-corrected chi connectivity index (χ1v) is 4.13. The van der Waals surface area contributed by atoms with E-state index in [0.29, 0.717) is 5.57 Å². The number of nitriles is 1. The van der Waals surface area contributed by atoms with Crippen LogP contribution in [0.3, 0.4) is 0 Å². The molecule has 0 aliphatic carbocycles. The summed E-state index contributed by atoms with van der Waals surface area (Å²) in [7, 11) is 0. The topological polar surface area (TPSA) is 61.1 Å². The van der Waals surface area contributed by atoms with Crippen LogP contribution in [0.25, 0.3) is 0 Å². The van der Waals surface area contributed by atoms with Crippen molar-refractivity contribution in [1.29, 1.82) is 5.26 Å². The van der Waals surface area contributed by atoms with Gasteiger partial charge in [0.1, 0.15) is 6.07 Å². The van der Waals surface area contributed by atoms with Gasteiger partial charge in [-0.25, -0.2) is 4.79 Å². The van der Waals surface area contributed by atoms with Gasteiger partial charge in [-0.1, -0.05) is 32.6 Å². The molecular formula is C11H13NO2. The summed E-state index contributed by atoms with van der Waals surface area (Å²) in [6.07, 6.45) is 1.46. The van der Waals surface area contributed by atoms with E-state index in [-0.39, 0.29) is 17.1 Å². The SMILES string of the molecule is C=C(C(=O)O)/C(C#N)=C\C(=C)C(C)C. The maximum Gasteiger partial charge on any atom is 0.336 e. The van der Waals surface area contributed by atoms with Crippen LogP contribution in [0.1, 0.15) is 13.8 Å². The Balaban J connectivity index is 4.94.